The molecule has 0 aliphatic heterocycles. The van der Waals surface area contributed by atoms with E-state index in [1.807, 2.05) is 13.0 Å². The normalized spacial score (nSPS) is 10.4. The molecule has 9 heteroatoms. The lowest BCUT2D eigenvalue weighted by Gasteiger charge is -2.13. The van der Waals surface area contributed by atoms with E-state index in [2.05, 4.69) is 17.2 Å². The minimum absolute atomic E-state index is 0.107. The number of ether oxygens (including phenoxy) is 2. The van der Waals surface area contributed by atoms with Gasteiger partial charge in [0.2, 0.25) is 5.43 Å². The number of furan rings is 1. The van der Waals surface area contributed by atoms with Gasteiger partial charge < -0.3 is 29.1 Å². The van der Waals surface area contributed by atoms with Crippen molar-refractivity contribution < 1.29 is 23.5 Å². The maximum Gasteiger partial charge on any atom is 0.257 e. The molecule has 0 fully saturated rings. The summed E-state index contributed by atoms with van der Waals surface area (Å²) < 4.78 is 17.7. The van der Waals surface area contributed by atoms with Crippen LogP contribution in [0.2, 0.25) is 0 Å². The van der Waals surface area contributed by atoms with Crippen LogP contribution in [0.15, 0.2) is 64.6 Å². The maximum atomic E-state index is 13.0. The third-order valence-electron chi connectivity index (χ3n) is 5.04. The molecule has 2 aromatic heterocycles. The number of nitrogens with one attached hydrogen (secondary N) is 2. The molecule has 0 aliphatic rings. The zero-order valence-electron chi connectivity index (χ0n) is 19.3. The lowest BCUT2D eigenvalue weighted by atomic mass is 10.1. The van der Waals surface area contributed by atoms with Crippen LogP contribution in [-0.2, 0) is 13.1 Å². The van der Waals surface area contributed by atoms with Crippen LogP contribution in [-0.4, -0.2) is 37.1 Å². The molecule has 34 heavy (non-hydrogen) atoms. The number of pyridine rings is 1. The monoisotopic (exact) mass is 465 g/mol. The smallest absolute Gasteiger partial charge is 0.257 e. The summed E-state index contributed by atoms with van der Waals surface area (Å²) in [6.07, 6.45) is 4.31. The second-order valence-electron chi connectivity index (χ2n) is 7.46. The Morgan fingerprint density at radius 3 is 2.35 bits per heavy atom. The Bertz CT molecular complexity index is 1260. The highest BCUT2D eigenvalue weighted by atomic mass is 16.5. The zero-order chi connectivity index (χ0) is 24.7. The lowest BCUT2D eigenvalue weighted by molar-refractivity contribution is 0.0948. The molecule has 3 aromatic rings. The van der Waals surface area contributed by atoms with Crippen molar-refractivity contribution in [2.45, 2.75) is 20.0 Å². The molecular formula is C25H27N3O6. The average molecular weight is 466 g/mol. The number of carbonyl (C=O) groups is 2. The minimum atomic E-state index is -0.673. The van der Waals surface area contributed by atoms with Crippen LogP contribution in [0.3, 0.4) is 0 Å². The van der Waals surface area contributed by atoms with Gasteiger partial charge in [-0.1, -0.05) is 6.08 Å². The van der Waals surface area contributed by atoms with E-state index in [1.54, 1.807) is 35.9 Å². The van der Waals surface area contributed by atoms with Crippen LogP contribution in [0.5, 0.6) is 11.5 Å². The standard InChI is InChI=1S/C25H27N3O6/c1-5-10-26-24(30)20-14-28(13-19-8-6-16(2)34-19)15-21(23(20)29)25(31)27-12-17-7-9-18(32-3)11-22(17)33-4/h5-9,11,14-15H,1,10,12-13H2,2-4H3,(H,26,30)(H,27,31). The van der Waals surface area contributed by atoms with Gasteiger partial charge in [0.15, 0.2) is 0 Å². The van der Waals surface area contributed by atoms with E-state index in [1.165, 1.54) is 25.6 Å². The highest BCUT2D eigenvalue weighted by Gasteiger charge is 2.20. The van der Waals surface area contributed by atoms with Crippen molar-refractivity contribution in [1.82, 2.24) is 15.2 Å². The van der Waals surface area contributed by atoms with Crippen molar-refractivity contribution in [2.75, 3.05) is 20.8 Å². The molecule has 3 rings (SSSR count). The lowest BCUT2D eigenvalue weighted by Crippen LogP contribution is -2.35. The average Bonchev–Trinajstić information content (AvgIpc) is 3.25. The highest BCUT2D eigenvalue weighted by molar-refractivity contribution is 5.99. The van der Waals surface area contributed by atoms with Crippen LogP contribution >= 0.6 is 0 Å². The Labute approximate surface area is 197 Å². The van der Waals surface area contributed by atoms with Crippen molar-refractivity contribution >= 4 is 11.8 Å². The van der Waals surface area contributed by atoms with Crippen LogP contribution < -0.4 is 25.5 Å². The van der Waals surface area contributed by atoms with Gasteiger partial charge in [0.25, 0.3) is 11.8 Å². The molecule has 178 valence electrons. The molecule has 1 aromatic carbocycles. The topological polar surface area (TPSA) is 112 Å². The summed E-state index contributed by atoms with van der Waals surface area (Å²) in [5.74, 6) is 1.27. The third kappa shape index (κ3) is 5.74. The Hall–Kier alpha value is -4.27. The number of amides is 2. The Morgan fingerprint density at radius 1 is 1.06 bits per heavy atom. The van der Waals surface area contributed by atoms with Gasteiger partial charge >= 0.3 is 0 Å². The van der Waals surface area contributed by atoms with Crippen LogP contribution in [0.4, 0.5) is 0 Å². The van der Waals surface area contributed by atoms with E-state index in [-0.39, 0.29) is 30.8 Å². The first-order valence-electron chi connectivity index (χ1n) is 10.5. The van der Waals surface area contributed by atoms with Crippen molar-refractivity contribution in [2.24, 2.45) is 0 Å². The largest absolute Gasteiger partial charge is 0.497 e. The third-order valence-corrected chi connectivity index (χ3v) is 5.04. The molecule has 0 saturated heterocycles. The summed E-state index contributed by atoms with van der Waals surface area (Å²) in [5, 5.41) is 5.31. The molecule has 0 aliphatic carbocycles. The van der Waals surface area contributed by atoms with Gasteiger partial charge in [-0.15, -0.1) is 6.58 Å². The second kappa shape index (κ2) is 11.0. The summed E-state index contributed by atoms with van der Waals surface area (Å²) in [4.78, 5) is 38.6. The van der Waals surface area contributed by atoms with E-state index in [0.29, 0.717) is 22.8 Å². The molecule has 2 amide bonds. The van der Waals surface area contributed by atoms with E-state index < -0.39 is 17.2 Å². The number of aromatic nitrogens is 1. The molecule has 0 bridgehead atoms. The summed E-state index contributed by atoms with van der Waals surface area (Å²) >= 11 is 0. The summed E-state index contributed by atoms with van der Waals surface area (Å²) in [6.45, 7) is 5.90. The molecule has 0 spiro atoms. The number of hydrogen-bond donors (Lipinski definition) is 2. The number of benzene rings is 1. The fraction of sp³-hybridized carbons (Fsp3) is 0.240. The van der Waals surface area contributed by atoms with Crippen molar-refractivity contribution in [3.05, 3.63) is 93.8 Å². The Kier molecular flexibility index (Phi) is 7.92. The first-order chi connectivity index (χ1) is 16.4. The molecule has 0 saturated carbocycles. The van der Waals surface area contributed by atoms with Gasteiger partial charge in [0, 0.05) is 37.1 Å². The number of aryl methyl sites for hydroxylation is 1. The van der Waals surface area contributed by atoms with Crippen molar-refractivity contribution in [3.63, 3.8) is 0 Å². The van der Waals surface area contributed by atoms with Crippen LogP contribution in [0.25, 0.3) is 0 Å². The van der Waals surface area contributed by atoms with Gasteiger partial charge in [0.1, 0.15) is 34.1 Å². The minimum Gasteiger partial charge on any atom is -0.497 e. The number of nitrogens with zero attached hydrogens (tertiary/aromatic N) is 1. The van der Waals surface area contributed by atoms with E-state index in [9.17, 15) is 14.4 Å². The first-order valence-corrected chi connectivity index (χ1v) is 10.5. The highest BCUT2D eigenvalue weighted by Crippen LogP contribution is 2.24. The predicted molar refractivity (Wildman–Crippen MR) is 126 cm³/mol. The van der Waals surface area contributed by atoms with Crippen molar-refractivity contribution in [1.29, 1.82) is 0 Å². The van der Waals surface area contributed by atoms with Crippen LogP contribution in [0, 0.1) is 6.92 Å². The van der Waals surface area contributed by atoms with Gasteiger partial charge in [0.05, 0.1) is 20.8 Å². The molecule has 0 radical (unpaired) electrons. The SMILES string of the molecule is C=CCNC(=O)c1cn(Cc2ccc(C)o2)cc(C(=O)NCc2ccc(OC)cc2OC)c1=O. The molecular weight excluding hydrogens is 438 g/mol. The number of carbonyl (C=O) groups excluding carboxylic acids is 2. The summed E-state index contributed by atoms with van der Waals surface area (Å²) in [6, 6.07) is 8.80. The quantitative estimate of drug-likeness (QED) is 0.445. The predicted octanol–water partition coefficient (Wildman–Crippen LogP) is 2.66. The van der Waals surface area contributed by atoms with Gasteiger partial charge in [-0.2, -0.15) is 0 Å². The van der Waals surface area contributed by atoms with Gasteiger partial charge in [-0.3, -0.25) is 14.4 Å². The van der Waals surface area contributed by atoms with E-state index >= 15 is 0 Å². The van der Waals surface area contributed by atoms with E-state index in [4.69, 9.17) is 13.9 Å². The number of rotatable bonds is 10. The molecule has 2 N–H and O–H groups in total. The molecule has 0 unspecified atom stereocenters. The molecule has 9 nitrogen and oxygen atoms in total. The fourth-order valence-corrected chi connectivity index (χ4v) is 3.32. The van der Waals surface area contributed by atoms with Crippen LogP contribution in [0.1, 0.15) is 37.8 Å². The maximum absolute atomic E-state index is 13.0. The fourth-order valence-electron chi connectivity index (χ4n) is 3.32. The van der Waals surface area contributed by atoms with Gasteiger partial charge in [-0.25, -0.2) is 0 Å². The second-order valence-corrected chi connectivity index (χ2v) is 7.46. The molecule has 2 heterocycles. The van der Waals surface area contributed by atoms with Gasteiger partial charge in [-0.05, 0) is 31.2 Å². The van der Waals surface area contributed by atoms with Crippen molar-refractivity contribution in [3.8, 4) is 11.5 Å². The first kappa shape index (κ1) is 24.4. The summed E-state index contributed by atoms with van der Waals surface area (Å²) in [5.41, 5.74) is -0.294. The molecule has 0 atom stereocenters. The number of methoxy groups -OCH3 is 2. The Morgan fingerprint density at radius 2 is 1.76 bits per heavy atom. The summed E-state index contributed by atoms with van der Waals surface area (Å²) in [7, 11) is 3.06. The van der Waals surface area contributed by atoms with E-state index in [0.717, 1.165) is 5.76 Å². The number of hydrogen-bond acceptors (Lipinski definition) is 6. The zero-order valence-corrected chi connectivity index (χ0v) is 19.3. The Balaban J connectivity index is 1.91.